The first-order chi connectivity index (χ1) is 9.93. The first-order valence-electron chi connectivity index (χ1n) is 5.88. The van der Waals surface area contributed by atoms with Crippen LogP contribution in [0, 0.1) is 5.82 Å². The van der Waals surface area contributed by atoms with Crippen LogP contribution in [0.3, 0.4) is 0 Å². The molecule has 0 radical (unpaired) electrons. The second kappa shape index (κ2) is 5.62. The first-order valence-corrected chi connectivity index (χ1v) is 5.88. The van der Waals surface area contributed by atoms with Crippen molar-refractivity contribution in [3.05, 3.63) is 53.3 Å². The number of hydrogen-bond donors (Lipinski definition) is 2. The molecule has 0 aliphatic heterocycles. The van der Waals surface area contributed by atoms with Crippen LogP contribution in [-0.2, 0) is 0 Å². The fourth-order valence-electron chi connectivity index (χ4n) is 1.92. The van der Waals surface area contributed by atoms with Gasteiger partial charge < -0.3 is 14.9 Å². The van der Waals surface area contributed by atoms with Crippen LogP contribution < -0.4 is 4.74 Å². The van der Waals surface area contributed by atoms with E-state index in [-0.39, 0.29) is 11.3 Å². The lowest BCUT2D eigenvalue weighted by atomic mass is 10.0. The molecule has 0 amide bonds. The van der Waals surface area contributed by atoms with Gasteiger partial charge in [-0.3, -0.25) is 0 Å². The molecule has 6 heteroatoms. The van der Waals surface area contributed by atoms with Gasteiger partial charge in [-0.25, -0.2) is 14.0 Å². The molecule has 0 aliphatic carbocycles. The van der Waals surface area contributed by atoms with Crippen LogP contribution in [-0.4, -0.2) is 29.3 Å². The Labute approximate surface area is 119 Å². The van der Waals surface area contributed by atoms with Crippen LogP contribution in [0.5, 0.6) is 5.75 Å². The van der Waals surface area contributed by atoms with Gasteiger partial charge in [0.1, 0.15) is 11.6 Å². The summed E-state index contributed by atoms with van der Waals surface area (Å²) in [5.41, 5.74) is 0.475. The number of carboxylic acid groups (broad SMARTS) is 2. The third kappa shape index (κ3) is 2.84. The maximum atomic E-state index is 13.7. The molecular formula is C15H11FO5. The highest BCUT2D eigenvalue weighted by molar-refractivity contribution is 5.91. The van der Waals surface area contributed by atoms with Crippen molar-refractivity contribution in [2.24, 2.45) is 0 Å². The minimum Gasteiger partial charge on any atom is -0.496 e. The predicted molar refractivity (Wildman–Crippen MR) is 72.3 cm³/mol. The number of hydrogen-bond acceptors (Lipinski definition) is 3. The SMILES string of the molecule is COc1cc(C(=O)O)ccc1-c1ccc(C(=O)O)c(F)c1. The molecule has 0 bridgehead atoms. The number of ether oxygens (including phenoxy) is 1. The molecule has 0 aliphatic rings. The van der Waals surface area contributed by atoms with Gasteiger partial charge in [0.05, 0.1) is 18.2 Å². The minimum absolute atomic E-state index is 0.0400. The van der Waals surface area contributed by atoms with E-state index in [4.69, 9.17) is 14.9 Å². The van der Waals surface area contributed by atoms with Crippen LogP contribution in [0.15, 0.2) is 36.4 Å². The molecule has 0 aromatic heterocycles. The molecule has 0 saturated carbocycles. The number of carboxylic acids is 2. The summed E-state index contributed by atoms with van der Waals surface area (Å²) in [5, 5.41) is 17.7. The predicted octanol–water partition coefficient (Wildman–Crippen LogP) is 2.90. The largest absolute Gasteiger partial charge is 0.496 e. The van der Waals surface area contributed by atoms with E-state index in [1.807, 2.05) is 0 Å². The number of halogens is 1. The van der Waals surface area contributed by atoms with Crippen LogP contribution >= 0.6 is 0 Å². The lowest BCUT2D eigenvalue weighted by molar-refractivity contribution is 0.0683. The Morgan fingerprint density at radius 2 is 1.76 bits per heavy atom. The molecule has 0 unspecified atom stereocenters. The van der Waals surface area contributed by atoms with Crippen LogP contribution in [0.25, 0.3) is 11.1 Å². The number of benzene rings is 2. The fourth-order valence-corrected chi connectivity index (χ4v) is 1.92. The van der Waals surface area contributed by atoms with Gasteiger partial charge in [-0.1, -0.05) is 6.07 Å². The monoisotopic (exact) mass is 290 g/mol. The molecule has 2 aromatic carbocycles. The summed E-state index contributed by atoms with van der Waals surface area (Å²) < 4.78 is 18.8. The third-order valence-corrected chi connectivity index (χ3v) is 2.96. The average molecular weight is 290 g/mol. The second-order valence-electron chi connectivity index (χ2n) is 4.22. The van der Waals surface area contributed by atoms with Gasteiger partial charge in [0.15, 0.2) is 0 Å². The summed E-state index contributed by atoms with van der Waals surface area (Å²) in [6, 6.07) is 7.82. The van der Waals surface area contributed by atoms with E-state index >= 15 is 0 Å². The molecule has 21 heavy (non-hydrogen) atoms. The quantitative estimate of drug-likeness (QED) is 0.904. The van der Waals surface area contributed by atoms with Crippen molar-refractivity contribution >= 4 is 11.9 Å². The Morgan fingerprint density at radius 3 is 2.29 bits per heavy atom. The average Bonchev–Trinajstić information content (AvgIpc) is 2.45. The Morgan fingerprint density at radius 1 is 1.05 bits per heavy atom. The summed E-state index contributed by atoms with van der Waals surface area (Å²) in [6.07, 6.45) is 0. The number of methoxy groups -OCH3 is 1. The van der Waals surface area contributed by atoms with E-state index in [2.05, 4.69) is 0 Å². The lowest BCUT2D eigenvalue weighted by Crippen LogP contribution is -2.01. The minimum atomic E-state index is -1.35. The zero-order valence-corrected chi connectivity index (χ0v) is 11.0. The summed E-state index contributed by atoms with van der Waals surface area (Å²) in [4.78, 5) is 21.7. The number of aromatic carboxylic acids is 2. The number of carbonyl (C=O) groups is 2. The Bertz CT molecular complexity index is 724. The van der Waals surface area contributed by atoms with Gasteiger partial charge in [-0.15, -0.1) is 0 Å². The van der Waals surface area contributed by atoms with Gasteiger partial charge in [0, 0.05) is 5.56 Å². The van der Waals surface area contributed by atoms with Gasteiger partial charge in [0.25, 0.3) is 0 Å². The number of rotatable bonds is 4. The van der Waals surface area contributed by atoms with Crippen LogP contribution in [0.4, 0.5) is 4.39 Å². The normalized spacial score (nSPS) is 10.2. The highest BCUT2D eigenvalue weighted by atomic mass is 19.1. The Hall–Kier alpha value is -2.89. The van der Waals surface area contributed by atoms with Crippen molar-refractivity contribution in [2.75, 3.05) is 7.11 Å². The summed E-state index contributed by atoms with van der Waals surface area (Å²) in [6.45, 7) is 0. The maximum Gasteiger partial charge on any atom is 0.338 e. The van der Waals surface area contributed by atoms with Crippen molar-refractivity contribution < 1.29 is 28.9 Å². The van der Waals surface area contributed by atoms with E-state index < -0.39 is 23.3 Å². The molecule has 108 valence electrons. The van der Waals surface area contributed by atoms with Crippen LogP contribution in [0.1, 0.15) is 20.7 Å². The summed E-state index contributed by atoms with van der Waals surface area (Å²) in [7, 11) is 1.37. The van der Waals surface area contributed by atoms with E-state index in [1.54, 1.807) is 0 Å². The summed E-state index contributed by atoms with van der Waals surface area (Å²) in [5.74, 6) is -3.07. The molecule has 0 fully saturated rings. The standard InChI is InChI=1S/C15H11FO5/c1-21-13-7-9(14(17)18)3-4-10(13)8-2-5-11(15(19)20)12(16)6-8/h2-7H,1H3,(H,17,18)(H,19,20). The van der Waals surface area contributed by atoms with Gasteiger partial charge in [-0.2, -0.15) is 0 Å². The van der Waals surface area contributed by atoms with E-state index in [9.17, 15) is 14.0 Å². The molecule has 0 spiro atoms. The van der Waals surface area contributed by atoms with Gasteiger partial charge in [-0.05, 0) is 35.9 Å². The molecule has 2 N–H and O–H groups in total. The highest BCUT2D eigenvalue weighted by Gasteiger charge is 2.14. The van der Waals surface area contributed by atoms with Crippen molar-refractivity contribution in [3.8, 4) is 16.9 Å². The lowest BCUT2D eigenvalue weighted by Gasteiger charge is -2.10. The van der Waals surface area contributed by atoms with Crippen LogP contribution in [0.2, 0.25) is 0 Å². The maximum absolute atomic E-state index is 13.7. The molecule has 0 atom stereocenters. The zero-order valence-electron chi connectivity index (χ0n) is 11.0. The van der Waals surface area contributed by atoms with Crippen molar-refractivity contribution in [1.29, 1.82) is 0 Å². The van der Waals surface area contributed by atoms with Gasteiger partial charge >= 0.3 is 11.9 Å². The molecule has 0 saturated heterocycles. The topological polar surface area (TPSA) is 83.8 Å². The second-order valence-corrected chi connectivity index (χ2v) is 4.22. The van der Waals surface area contributed by atoms with Crippen molar-refractivity contribution in [2.45, 2.75) is 0 Å². The molecule has 0 heterocycles. The molecule has 2 aromatic rings. The molecule has 2 rings (SSSR count). The fraction of sp³-hybridized carbons (Fsp3) is 0.0667. The van der Waals surface area contributed by atoms with E-state index in [1.165, 1.54) is 31.4 Å². The summed E-state index contributed by atoms with van der Waals surface area (Å²) >= 11 is 0. The third-order valence-electron chi connectivity index (χ3n) is 2.96. The Kier molecular flexibility index (Phi) is 3.89. The van der Waals surface area contributed by atoms with E-state index in [0.29, 0.717) is 11.1 Å². The molecular weight excluding hydrogens is 279 g/mol. The highest BCUT2D eigenvalue weighted by Crippen LogP contribution is 2.32. The zero-order chi connectivity index (χ0) is 15.6. The smallest absolute Gasteiger partial charge is 0.338 e. The van der Waals surface area contributed by atoms with Crippen molar-refractivity contribution in [1.82, 2.24) is 0 Å². The Balaban J connectivity index is 2.54. The molecule has 5 nitrogen and oxygen atoms in total. The van der Waals surface area contributed by atoms with E-state index in [0.717, 1.165) is 12.1 Å². The first kappa shape index (κ1) is 14.5. The van der Waals surface area contributed by atoms with Gasteiger partial charge in [0.2, 0.25) is 0 Å². The van der Waals surface area contributed by atoms with Crippen molar-refractivity contribution in [3.63, 3.8) is 0 Å².